The lowest BCUT2D eigenvalue weighted by Gasteiger charge is -2.02. The van der Waals surface area contributed by atoms with Crippen molar-refractivity contribution in [3.05, 3.63) is 18.2 Å². The van der Waals surface area contributed by atoms with Crippen LogP contribution in [0.1, 0.15) is 0 Å². The molecular weight excluding hydrogens is 214 g/mol. The maximum absolute atomic E-state index is 10.7. The van der Waals surface area contributed by atoms with E-state index in [4.69, 9.17) is 14.8 Å². The van der Waals surface area contributed by atoms with Crippen molar-refractivity contribution in [1.82, 2.24) is 0 Å². The molecule has 1 rings (SSSR count). The lowest BCUT2D eigenvalue weighted by atomic mass is 10.3. The molecule has 72 valence electrons. The van der Waals surface area contributed by atoms with Crippen molar-refractivity contribution in [2.45, 2.75) is 9.79 Å². The van der Waals surface area contributed by atoms with Crippen LogP contribution >= 0.6 is 12.0 Å². The topological polar surface area (TPSA) is 101 Å². The summed E-state index contributed by atoms with van der Waals surface area (Å²) in [5.74, 6) is 0. The van der Waals surface area contributed by atoms with Crippen LogP contribution in [-0.4, -0.2) is 17.5 Å². The van der Waals surface area contributed by atoms with Gasteiger partial charge in [-0.1, -0.05) is 0 Å². The summed E-state index contributed by atoms with van der Waals surface area (Å²) in [5, 5.41) is 0. The maximum Gasteiger partial charge on any atom is 0.296 e. The van der Waals surface area contributed by atoms with Crippen molar-refractivity contribution >= 4 is 27.8 Å². The molecule has 7 heteroatoms. The van der Waals surface area contributed by atoms with Crippen LogP contribution < -0.4 is 5.73 Å². The Kier molecular flexibility index (Phi) is 2.81. The van der Waals surface area contributed by atoms with Gasteiger partial charge in [0, 0.05) is 16.9 Å². The van der Waals surface area contributed by atoms with Gasteiger partial charge in [-0.2, -0.15) is 8.42 Å². The Morgan fingerprint density at radius 2 is 2.00 bits per heavy atom. The second-order valence-corrected chi connectivity index (χ2v) is 4.31. The van der Waals surface area contributed by atoms with E-state index in [2.05, 4.69) is 0 Å². The van der Waals surface area contributed by atoms with Crippen LogP contribution in [0, 0.1) is 0 Å². The number of anilines is 1. The molecule has 13 heavy (non-hydrogen) atoms. The van der Waals surface area contributed by atoms with E-state index in [9.17, 15) is 8.42 Å². The first-order chi connectivity index (χ1) is 5.95. The van der Waals surface area contributed by atoms with Gasteiger partial charge < -0.3 is 10.3 Å². The number of hydrogen-bond donors (Lipinski definition) is 3. The molecule has 0 aliphatic heterocycles. The summed E-state index contributed by atoms with van der Waals surface area (Å²) in [6.07, 6.45) is 0. The fourth-order valence-electron chi connectivity index (χ4n) is 0.818. The first-order valence-electron chi connectivity index (χ1n) is 3.13. The number of nitrogens with two attached hydrogens (primary N) is 1. The number of hydrogen-bond acceptors (Lipinski definition) is 5. The second kappa shape index (κ2) is 3.54. The zero-order valence-electron chi connectivity index (χ0n) is 6.34. The van der Waals surface area contributed by atoms with Gasteiger partial charge in [0.25, 0.3) is 10.1 Å². The highest BCUT2D eigenvalue weighted by molar-refractivity contribution is 7.93. The van der Waals surface area contributed by atoms with Crippen LogP contribution in [0.5, 0.6) is 0 Å². The summed E-state index contributed by atoms with van der Waals surface area (Å²) in [6.45, 7) is 0. The van der Waals surface area contributed by atoms with Gasteiger partial charge in [-0.25, -0.2) is 0 Å². The maximum atomic E-state index is 10.7. The van der Waals surface area contributed by atoms with E-state index in [1.807, 2.05) is 0 Å². The average Bonchev–Trinajstić information content (AvgIpc) is 2.01. The van der Waals surface area contributed by atoms with Crippen molar-refractivity contribution < 1.29 is 17.5 Å². The molecular formula is C6H7NO4S2. The fourth-order valence-corrected chi connectivity index (χ4v) is 1.72. The van der Waals surface area contributed by atoms with Gasteiger partial charge in [-0.3, -0.25) is 4.55 Å². The van der Waals surface area contributed by atoms with E-state index < -0.39 is 10.1 Å². The van der Waals surface area contributed by atoms with Crippen LogP contribution in [0.25, 0.3) is 0 Å². The van der Waals surface area contributed by atoms with Gasteiger partial charge in [0.2, 0.25) is 0 Å². The smallest absolute Gasteiger partial charge is 0.296 e. The molecule has 0 unspecified atom stereocenters. The normalized spacial score (nSPS) is 11.5. The first kappa shape index (κ1) is 10.3. The molecule has 0 atom stereocenters. The molecule has 0 spiro atoms. The number of benzene rings is 1. The fraction of sp³-hybridized carbons (Fsp3) is 0. The van der Waals surface area contributed by atoms with Crippen LogP contribution in [-0.2, 0) is 10.1 Å². The van der Waals surface area contributed by atoms with Crippen molar-refractivity contribution in [1.29, 1.82) is 0 Å². The van der Waals surface area contributed by atoms with Gasteiger partial charge in [-0.15, -0.1) is 0 Å². The summed E-state index contributed by atoms with van der Waals surface area (Å²) >= 11 is 0.446. The SMILES string of the molecule is Nc1cc(SO)ccc1S(=O)(=O)O. The third-order valence-corrected chi connectivity index (χ3v) is 2.76. The zero-order valence-corrected chi connectivity index (χ0v) is 7.97. The standard InChI is InChI=1S/C6H7NO4S2/c7-5-3-4(12-8)1-2-6(5)13(9,10)11/h1-3,8H,7H2,(H,9,10,11). The summed E-state index contributed by atoms with van der Waals surface area (Å²) in [7, 11) is -4.27. The van der Waals surface area contributed by atoms with E-state index in [0.717, 1.165) is 6.07 Å². The lowest BCUT2D eigenvalue weighted by Crippen LogP contribution is -2.02. The Morgan fingerprint density at radius 1 is 1.38 bits per heavy atom. The highest BCUT2D eigenvalue weighted by atomic mass is 32.2. The van der Waals surface area contributed by atoms with E-state index in [0.29, 0.717) is 16.9 Å². The highest BCUT2D eigenvalue weighted by Gasteiger charge is 2.13. The Hall–Kier alpha value is -0.760. The lowest BCUT2D eigenvalue weighted by molar-refractivity contribution is 0.483. The van der Waals surface area contributed by atoms with Crippen molar-refractivity contribution in [3.8, 4) is 0 Å². The molecule has 0 aliphatic carbocycles. The minimum atomic E-state index is -4.27. The highest BCUT2D eigenvalue weighted by Crippen LogP contribution is 2.23. The molecule has 0 amide bonds. The molecule has 0 saturated heterocycles. The van der Waals surface area contributed by atoms with Crippen LogP contribution in [0.3, 0.4) is 0 Å². The molecule has 0 aromatic heterocycles. The van der Waals surface area contributed by atoms with Crippen LogP contribution in [0.2, 0.25) is 0 Å². The second-order valence-electron chi connectivity index (χ2n) is 2.27. The molecule has 0 bridgehead atoms. The van der Waals surface area contributed by atoms with Crippen molar-refractivity contribution in [2.75, 3.05) is 5.73 Å². The molecule has 1 aromatic rings. The predicted molar refractivity (Wildman–Crippen MR) is 49.2 cm³/mol. The third-order valence-electron chi connectivity index (χ3n) is 1.36. The molecule has 4 N–H and O–H groups in total. The van der Waals surface area contributed by atoms with Gasteiger partial charge in [0.05, 0.1) is 5.69 Å². The predicted octanol–water partition coefficient (Wildman–Crippen LogP) is 1.08. The first-order valence-corrected chi connectivity index (χ1v) is 5.35. The van der Waals surface area contributed by atoms with Crippen molar-refractivity contribution in [3.63, 3.8) is 0 Å². The van der Waals surface area contributed by atoms with Gasteiger partial charge >= 0.3 is 0 Å². The molecule has 0 fully saturated rings. The molecule has 0 saturated carbocycles. The van der Waals surface area contributed by atoms with E-state index in [-0.39, 0.29) is 10.6 Å². The Labute approximate surface area is 79.5 Å². The molecule has 0 radical (unpaired) electrons. The Bertz CT molecular complexity index is 415. The molecule has 1 aromatic carbocycles. The molecule has 0 aliphatic rings. The average molecular weight is 221 g/mol. The Balaban J connectivity index is 3.29. The summed E-state index contributed by atoms with van der Waals surface area (Å²) < 4.78 is 38.6. The van der Waals surface area contributed by atoms with E-state index in [1.165, 1.54) is 12.1 Å². The molecule has 5 nitrogen and oxygen atoms in total. The third kappa shape index (κ3) is 2.34. The summed E-state index contributed by atoms with van der Waals surface area (Å²) in [5.41, 5.74) is 5.22. The van der Waals surface area contributed by atoms with Gasteiger partial charge in [-0.05, 0) is 18.2 Å². The minimum absolute atomic E-state index is 0.0958. The minimum Gasteiger partial charge on any atom is -0.398 e. The summed E-state index contributed by atoms with van der Waals surface area (Å²) in [6, 6.07) is 3.72. The van der Waals surface area contributed by atoms with E-state index in [1.54, 1.807) is 0 Å². The molecule has 0 heterocycles. The van der Waals surface area contributed by atoms with E-state index >= 15 is 0 Å². The van der Waals surface area contributed by atoms with Crippen LogP contribution in [0.4, 0.5) is 5.69 Å². The summed E-state index contributed by atoms with van der Waals surface area (Å²) in [4.78, 5) is 0.0511. The van der Waals surface area contributed by atoms with Gasteiger partial charge in [0.1, 0.15) is 4.90 Å². The van der Waals surface area contributed by atoms with Crippen molar-refractivity contribution in [2.24, 2.45) is 0 Å². The number of rotatable bonds is 2. The van der Waals surface area contributed by atoms with Gasteiger partial charge in [0.15, 0.2) is 0 Å². The van der Waals surface area contributed by atoms with Crippen LogP contribution in [0.15, 0.2) is 28.0 Å². The quantitative estimate of drug-likeness (QED) is 0.392. The Morgan fingerprint density at radius 3 is 2.38 bits per heavy atom. The zero-order chi connectivity index (χ0) is 10.1. The monoisotopic (exact) mass is 221 g/mol. The largest absolute Gasteiger partial charge is 0.398 e. The number of nitrogen functional groups attached to an aromatic ring is 1.